The number of carbonyl (C=O) groups excluding carboxylic acids is 2. The van der Waals surface area contributed by atoms with Crippen LogP contribution in [0.25, 0.3) is 11.5 Å². The van der Waals surface area contributed by atoms with Gasteiger partial charge in [0, 0.05) is 24.2 Å². The number of hydrogen-bond donors (Lipinski definition) is 1. The number of piperidine rings is 1. The Balaban J connectivity index is 1.39. The Hall–Kier alpha value is -2.71. The summed E-state index contributed by atoms with van der Waals surface area (Å²) in [5.41, 5.74) is 1.62. The van der Waals surface area contributed by atoms with E-state index in [0.29, 0.717) is 27.4 Å². The van der Waals surface area contributed by atoms with Gasteiger partial charge in [-0.3, -0.25) is 9.59 Å². The Labute approximate surface area is 170 Å². The second-order valence-corrected chi connectivity index (χ2v) is 8.05. The molecule has 1 saturated heterocycles. The molecular formula is C19H17ClN4O3S. The van der Waals surface area contributed by atoms with E-state index >= 15 is 0 Å². The summed E-state index contributed by atoms with van der Waals surface area (Å²) in [5, 5.41) is 10.7. The lowest BCUT2D eigenvalue weighted by Crippen LogP contribution is -2.35. The topological polar surface area (TPSA) is 88.3 Å². The number of nitrogens with one attached hydrogen (secondary N) is 1. The fourth-order valence-electron chi connectivity index (χ4n) is 2.98. The normalized spacial score (nSPS) is 14.3. The van der Waals surface area contributed by atoms with Gasteiger partial charge in [0.1, 0.15) is 0 Å². The van der Waals surface area contributed by atoms with Crippen LogP contribution >= 0.6 is 22.9 Å². The van der Waals surface area contributed by atoms with Crippen molar-refractivity contribution in [2.24, 2.45) is 0 Å². The minimum Gasteiger partial charge on any atom is -0.419 e. The van der Waals surface area contributed by atoms with Gasteiger partial charge in [-0.2, -0.15) is 0 Å². The zero-order valence-electron chi connectivity index (χ0n) is 14.9. The van der Waals surface area contributed by atoms with Crippen LogP contribution in [0.1, 0.15) is 34.8 Å². The molecule has 0 saturated carbocycles. The predicted molar refractivity (Wildman–Crippen MR) is 106 cm³/mol. The van der Waals surface area contributed by atoms with Gasteiger partial charge < -0.3 is 14.6 Å². The molecule has 0 radical (unpaired) electrons. The van der Waals surface area contributed by atoms with Crippen LogP contribution < -0.4 is 10.2 Å². The Morgan fingerprint density at radius 1 is 1.18 bits per heavy atom. The highest BCUT2D eigenvalue weighted by Gasteiger charge is 2.20. The summed E-state index contributed by atoms with van der Waals surface area (Å²) in [6.07, 6.45) is 2.57. The highest BCUT2D eigenvalue weighted by molar-refractivity contribution is 7.17. The summed E-state index contributed by atoms with van der Waals surface area (Å²) in [6.45, 7) is 0.875. The molecule has 1 aliphatic rings. The van der Waals surface area contributed by atoms with Crippen LogP contribution in [-0.4, -0.2) is 28.6 Å². The van der Waals surface area contributed by atoms with Crippen molar-refractivity contribution in [3.05, 3.63) is 51.5 Å². The predicted octanol–water partition coefficient (Wildman–Crippen LogP) is 3.90. The molecule has 0 unspecified atom stereocenters. The highest BCUT2D eigenvalue weighted by Crippen LogP contribution is 2.25. The first kappa shape index (κ1) is 18.6. The van der Waals surface area contributed by atoms with Crippen LogP contribution in [0.15, 0.2) is 40.8 Å². The number of aromatic nitrogens is 2. The molecule has 1 fully saturated rings. The molecule has 0 bridgehead atoms. The van der Waals surface area contributed by atoms with Gasteiger partial charge in [-0.25, -0.2) is 0 Å². The largest absolute Gasteiger partial charge is 0.419 e. The number of nitrogens with zero attached hydrogens (tertiary/aromatic N) is 3. The Kier molecular flexibility index (Phi) is 5.40. The first-order chi connectivity index (χ1) is 13.6. The number of benzene rings is 1. The van der Waals surface area contributed by atoms with E-state index in [1.807, 2.05) is 24.3 Å². The Morgan fingerprint density at radius 2 is 2.00 bits per heavy atom. The molecule has 1 aromatic carbocycles. The second kappa shape index (κ2) is 8.12. The Morgan fingerprint density at radius 3 is 2.71 bits per heavy atom. The lowest BCUT2D eigenvalue weighted by Gasteiger charge is -2.26. The van der Waals surface area contributed by atoms with Crippen LogP contribution in [0.3, 0.4) is 0 Å². The standard InChI is InChI=1S/C19H17ClN4O3S/c20-15-9-8-14(28-15)18(26)21-11-16-22-23-19(27-16)12-4-6-13(7-5-12)24-10-2-1-3-17(24)25/h4-9H,1-3,10-11H2,(H,21,26). The van der Waals surface area contributed by atoms with Crippen molar-refractivity contribution >= 4 is 40.4 Å². The van der Waals surface area contributed by atoms with E-state index in [4.69, 9.17) is 16.0 Å². The van der Waals surface area contributed by atoms with Crippen molar-refractivity contribution in [2.75, 3.05) is 11.4 Å². The van der Waals surface area contributed by atoms with Gasteiger partial charge in [-0.15, -0.1) is 21.5 Å². The van der Waals surface area contributed by atoms with Crippen LogP contribution in [0.2, 0.25) is 4.34 Å². The van der Waals surface area contributed by atoms with Crippen LogP contribution in [0.4, 0.5) is 5.69 Å². The number of carbonyl (C=O) groups is 2. The van der Waals surface area contributed by atoms with Crippen LogP contribution in [0, 0.1) is 0 Å². The number of hydrogen-bond acceptors (Lipinski definition) is 6. The molecule has 0 spiro atoms. The van der Waals surface area contributed by atoms with Gasteiger partial charge >= 0.3 is 0 Å². The minimum absolute atomic E-state index is 0.127. The average Bonchev–Trinajstić information content (AvgIpc) is 3.36. The lowest BCUT2D eigenvalue weighted by molar-refractivity contribution is -0.119. The zero-order valence-corrected chi connectivity index (χ0v) is 16.4. The van der Waals surface area contributed by atoms with Gasteiger partial charge in [-0.05, 0) is 49.2 Å². The first-order valence-corrected chi connectivity index (χ1v) is 10.1. The van der Waals surface area contributed by atoms with Gasteiger partial charge in [-0.1, -0.05) is 11.6 Å². The molecule has 0 aliphatic carbocycles. The van der Waals surface area contributed by atoms with Crippen molar-refractivity contribution in [1.29, 1.82) is 0 Å². The molecule has 28 heavy (non-hydrogen) atoms. The second-order valence-electron chi connectivity index (χ2n) is 6.34. The fourth-order valence-corrected chi connectivity index (χ4v) is 3.94. The third-order valence-corrected chi connectivity index (χ3v) is 5.64. The summed E-state index contributed by atoms with van der Waals surface area (Å²) in [4.78, 5) is 26.4. The molecule has 3 aromatic rings. The van der Waals surface area contributed by atoms with E-state index in [-0.39, 0.29) is 18.4 Å². The van der Waals surface area contributed by atoms with Gasteiger partial charge in [0.2, 0.25) is 17.7 Å². The maximum atomic E-state index is 12.0. The highest BCUT2D eigenvalue weighted by atomic mass is 35.5. The molecule has 2 amide bonds. The summed E-state index contributed by atoms with van der Waals surface area (Å²) in [5.74, 6) is 0.579. The maximum Gasteiger partial charge on any atom is 0.261 e. The molecule has 4 rings (SSSR count). The molecule has 1 N–H and O–H groups in total. The molecule has 144 valence electrons. The number of amides is 2. The summed E-state index contributed by atoms with van der Waals surface area (Å²) in [7, 11) is 0. The number of halogens is 1. The lowest BCUT2D eigenvalue weighted by atomic mass is 10.1. The summed E-state index contributed by atoms with van der Waals surface area (Å²) < 4.78 is 6.18. The molecular weight excluding hydrogens is 400 g/mol. The van der Waals surface area contributed by atoms with Crippen molar-refractivity contribution in [2.45, 2.75) is 25.8 Å². The van der Waals surface area contributed by atoms with Crippen molar-refractivity contribution in [3.8, 4) is 11.5 Å². The molecule has 1 aliphatic heterocycles. The third-order valence-electron chi connectivity index (χ3n) is 4.41. The van der Waals surface area contributed by atoms with E-state index in [1.54, 1.807) is 17.0 Å². The SMILES string of the molecule is O=C(NCc1nnc(-c2ccc(N3CCCCC3=O)cc2)o1)c1ccc(Cl)s1. The molecule has 9 heteroatoms. The summed E-state index contributed by atoms with van der Waals surface area (Å²) >= 11 is 7.04. The minimum atomic E-state index is -0.243. The van der Waals surface area contributed by atoms with Gasteiger partial charge in [0.05, 0.1) is 15.8 Å². The van der Waals surface area contributed by atoms with E-state index in [2.05, 4.69) is 15.5 Å². The fraction of sp³-hybridized carbons (Fsp3) is 0.263. The van der Waals surface area contributed by atoms with Crippen molar-refractivity contribution in [3.63, 3.8) is 0 Å². The van der Waals surface area contributed by atoms with Crippen molar-refractivity contribution < 1.29 is 14.0 Å². The third kappa shape index (κ3) is 4.07. The molecule has 7 nitrogen and oxygen atoms in total. The number of anilines is 1. The van der Waals surface area contributed by atoms with Crippen LogP contribution in [0.5, 0.6) is 0 Å². The number of rotatable bonds is 5. The monoisotopic (exact) mass is 416 g/mol. The smallest absolute Gasteiger partial charge is 0.261 e. The van der Waals surface area contributed by atoms with Crippen molar-refractivity contribution in [1.82, 2.24) is 15.5 Å². The maximum absolute atomic E-state index is 12.0. The number of thiophene rings is 1. The summed E-state index contributed by atoms with van der Waals surface area (Å²) in [6, 6.07) is 10.8. The van der Waals surface area contributed by atoms with Gasteiger partial charge in [0.25, 0.3) is 5.91 Å². The average molecular weight is 417 g/mol. The zero-order chi connectivity index (χ0) is 19.5. The quantitative estimate of drug-likeness (QED) is 0.681. The first-order valence-electron chi connectivity index (χ1n) is 8.87. The van der Waals surface area contributed by atoms with E-state index in [9.17, 15) is 9.59 Å². The van der Waals surface area contributed by atoms with Crippen LogP contribution in [-0.2, 0) is 11.3 Å². The molecule has 2 aromatic heterocycles. The Bertz CT molecular complexity index is 999. The molecule has 0 atom stereocenters. The van der Waals surface area contributed by atoms with E-state index in [0.717, 1.165) is 30.6 Å². The van der Waals surface area contributed by atoms with Gasteiger partial charge in [0.15, 0.2) is 0 Å². The van der Waals surface area contributed by atoms with E-state index < -0.39 is 0 Å². The van der Waals surface area contributed by atoms with E-state index in [1.165, 1.54) is 11.3 Å². The molecule has 3 heterocycles.